The van der Waals surface area contributed by atoms with Crippen molar-refractivity contribution in [3.05, 3.63) is 60.4 Å². The molecule has 3 heteroatoms. The molecule has 0 atom stereocenters. The maximum absolute atomic E-state index is 10.2. The van der Waals surface area contributed by atoms with Crippen molar-refractivity contribution in [2.75, 3.05) is 0 Å². The highest BCUT2D eigenvalue weighted by molar-refractivity contribution is 5.80. The lowest BCUT2D eigenvalue weighted by molar-refractivity contribution is -0.131. The van der Waals surface area contributed by atoms with Gasteiger partial charge in [-0.05, 0) is 25.0 Å². The van der Waals surface area contributed by atoms with Gasteiger partial charge in [-0.2, -0.15) is 0 Å². The average Bonchev–Trinajstić information content (AvgIpc) is 2.58. The summed E-state index contributed by atoms with van der Waals surface area (Å²) in [6.45, 7) is 2.24. The summed E-state index contributed by atoms with van der Waals surface area (Å²) in [5.41, 5.74) is 0. The number of unbranched alkanes of at least 4 members (excludes halogenated alkanes) is 9. The molecule has 0 saturated carbocycles. The van der Waals surface area contributed by atoms with Crippen LogP contribution in [0.1, 0.15) is 71.1 Å². The molecule has 3 nitrogen and oxygen atoms in total. The second-order valence-corrected chi connectivity index (χ2v) is 6.07. The zero-order valence-corrected chi connectivity index (χ0v) is 15.6. The Labute approximate surface area is 153 Å². The molecule has 0 aromatic rings. The van der Waals surface area contributed by atoms with E-state index in [1.807, 2.05) is 6.08 Å². The van der Waals surface area contributed by atoms with Gasteiger partial charge in [0.2, 0.25) is 0 Å². The van der Waals surface area contributed by atoms with Gasteiger partial charge >= 0.3 is 5.97 Å². The van der Waals surface area contributed by atoms with Crippen molar-refractivity contribution in [1.29, 1.82) is 0 Å². The first kappa shape index (κ1) is 23.0. The average molecular weight is 347 g/mol. The third-order valence-corrected chi connectivity index (χ3v) is 3.72. The second-order valence-electron chi connectivity index (χ2n) is 6.07. The number of hydrogen-bond donors (Lipinski definition) is 2. The largest absolute Gasteiger partial charge is 0.508 e. The van der Waals surface area contributed by atoms with E-state index < -0.39 is 5.97 Å². The SMILES string of the molecule is CCCCCCCCCCC/C=C(O)/C=C/C=C/C=C/C=C/C(=O)O. The zero-order chi connectivity index (χ0) is 18.6. The Bertz CT molecular complexity index is 468. The normalized spacial score (nSPS) is 13.1. The van der Waals surface area contributed by atoms with Gasteiger partial charge in [-0.15, -0.1) is 0 Å². The maximum Gasteiger partial charge on any atom is 0.328 e. The van der Waals surface area contributed by atoms with E-state index in [2.05, 4.69) is 6.92 Å². The number of rotatable bonds is 15. The van der Waals surface area contributed by atoms with E-state index in [0.717, 1.165) is 18.9 Å². The molecule has 0 saturated heterocycles. The van der Waals surface area contributed by atoms with E-state index >= 15 is 0 Å². The third kappa shape index (κ3) is 19.9. The number of carboxylic acid groups (broad SMARTS) is 1. The number of hydrogen-bond acceptors (Lipinski definition) is 2. The highest BCUT2D eigenvalue weighted by Gasteiger charge is 1.92. The van der Waals surface area contributed by atoms with Crippen LogP contribution in [0.3, 0.4) is 0 Å². The summed E-state index contributed by atoms with van der Waals surface area (Å²) in [4.78, 5) is 10.2. The number of aliphatic hydroxyl groups excluding tert-OH is 1. The van der Waals surface area contributed by atoms with Crippen LogP contribution in [0.25, 0.3) is 0 Å². The van der Waals surface area contributed by atoms with Crippen LogP contribution in [0.2, 0.25) is 0 Å². The third-order valence-electron chi connectivity index (χ3n) is 3.72. The Morgan fingerprint density at radius 3 is 1.72 bits per heavy atom. The van der Waals surface area contributed by atoms with Crippen molar-refractivity contribution in [3.8, 4) is 0 Å². The molecule has 0 fully saturated rings. The fourth-order valence-electron chi connectivity index (χ4n) is 2.32. The van der Waals surface area contributed by atoms with Crippen LogP contribution < -0.4 is 0 Å². The van der Waals surface area contributed by atoms with Gasteiger partial charge < -0.3 is 10.2 Å². The van der Waals surface area contributed by atoms with Gasteiger partial charge in [0, 0.05) is 6.08 Å². The summed E-state index contributed by atoms with van der Waals surface area (Å²) < 4.78 is 0. The highest BCUT2D eigenvalue weighted by Crippen LogP contribution is 2.11. The molecule has 0 aromatic carbocycles. The van der Waals surface area contributed by atoms with Crippen LogP contribution in [-0.4, -0.2) is 16.2 Å². The first-order chi connectivity index (χ1) is 12.2. The van der Waals surface area contributed by atoms with Gasteiger partial charge in [0.25, 0.3) is 0 Å². The van der Waals surface area contributed by atoms with Gasteiger partial charge in [0.1, 0.15) is 5.76 Å². The molecule has 0 spiro atoms. The number of aliphatic hydroxyl groups is 1. The fourth-order valence-corrected chi connectivity index (χ4v) is 2.32. The lowest BCUT2D eigenvalue weighted by atomic mass is 10.1. The molecule has 0 amide bonds. The van der Waals surface area contributed by atoms with E-state index in [1.54, 1.807) is 36.5 Å². The number of carbonyl (C=O) groups is 1. The van der Waals surface area contributed by atoms with Gasteiger partial charge in [-0.25, -0.2) is 4.79 Å². The fraction of sp³-hybridized carbons (Fsp3) is 0.500. The summed E-state index contributed by atoms with van der Waals surface area (Å²) in [6.07, 6.45) is 27.4. The van der Waals surface area contributed by atoms with Crippen molar-refractivity contribution in [3.63, 3.8) is 0 Å². The summed E-state index contributed by atoms with van der Waals surface area (Å²) in [6, 6.07) is 0. The van der Waals surface area contributed by atoms with Crippen molar-refractivity contribution >= 4 is 5.97 Å². The van der Waals surface area contributed by atoms with Crippen LogP contribution in [0.4, 0.5) is 0 Å². The maximum atomic E-state index is 10.2. The van der Waals surface area contributed by atoms with Crippen molar-refractivity contribution in [2.45, 2.75) is 71.1 Å². The molecule has 0 bridgehead atoms. The highest BCUT2D eigenvalue weighted by atomic mass is 16.4. The molecule has 0 unspecified atom stereocenters. The summed E-state index contributed by atoms with van der Waals surface area (Å²) in [5.74, 6) is -0.672. The summed E-state index contributed by atoms with van der Waals surface area (Å²) in [7, 11) is 0. The van der Waals surface area contributed by atoms with Crippen molar-refractivity contribution in [2.24, 2.45) is 0 Å². The van der Waals surface area contributed by atoms with E-state index in [1.165, 1.54) is 57.4 Å². The molecule has 25 heavy (non-hydrogen) atoms. The number of allylic oxidation sites excluding steroid dienone is 8. The molecule has 0 aliphatic heterocycles. The number of aliphatic carboxylic acids is 1. The molecule has 0 heterocycles. The monoisotopic (exact) mass is 346 g/mol. The predicted octanol–water partition coefficient (Wildman–Crippen LogP) is 6.66. The molecular formula is C22H34O3. The van der Waals surface area contributed by atoms with Crippen molar-refractivity contribution < 1.29 is 15.0 Å². The van der Waals surface area contributed by atoms with Gasteiger partial charge in [-0.3, -0.25) is 0 Å². The van der Waals surface area contributed by atoms with Crippen molar-refractivity contribution in [1.82, 2.24) is 0 Å². The topological polar surface area (TPSA) is 57.5 Å². The lowest BCUT2D eigenvalue weighted by Gasteiger charge is -2.00. The molecule has 0 radical (unpaired) electrons. The standard InChI is InChI=1S/C22H34O3/c1-2-3-4-5-6-7-8-9-12-15-18-21(23)19-16-13-10-11-14-17-20-22(24)25/h10-11,13-14,16-20,23H,2-9,12,15H2,1H3,(H,24,25)/b13-10+,14-11+,19-16+,20-17+,21-18-. The van der Waals surface area contributed by atoms with Gasteiger partial charge in [0.15, 0.2) is 0 Å². The first-order valence-electron chi connectivity index (χ1n) is 9.47. The predicted molar refractivity (Wildman–Crippen MR) is 107 cm³/mol. The minimum atomic E-state index is -0.962. The van der Waals surface area contributed by atoms with Crippen LogP contribution >= 0.6 is 0 Å². The first-order valence-corrected chi connectivity index (χ1v) is 9.47. The Balaban J connectivity index is 3.65. The van der Waals surface area contributed by atoms with E-state index in [4.69, 9.17) is 5.11 Å². The van der Waals surface area contributed by atoms with E-state index in [-0.39, 0.29) is 0 Å². The summed E-state index contributed by atoms with van der Waals surface area (Å²) in [5, 5.41) is 18.1. The van der Waals surface area contributed by atoms with Gasteiger partial charge in [-0.1, -0.05) is 94.7 Å². The quantitative estimate of drug-likeness (QED) is 0.151. The number of carboxylic acids is 1. The Morgan fingerprint density at radius 1 is 0.680 bits per heavy atom. The minimum Gasteiger partial charge on any atom is -0.508 e. The smallest absolute Gasteiger partial charge is 0.328 e. The van der Waals surface area contributed by atoms with Gasteiger partial charge in [0.05, 0.1) is 0 Å². The Hall–Kier alpha value is -2.03. The van der Waals surface area contributed by atoms with Crippen LogP contribution in [0, 0.1) is 0 Å². The molecule has 0 rings (SSSR count). The molecule has 0 aliphatic rings. The van der Waals surface area contributed by atoms with Crippen LogP contribution in [0.15, 0.2) is 60.4 Å². The molecule has 0 aromatic heterocycles. The second kappa shape index (κ2) is 18.3. The minimum absolute atomic E-state index is 0.291. The Morgan fingerprint density at radius 2 is 1.16 bits per heavy atom. The summed E-state index contributed by atoms with van der Waals surface area (Å²) >= 11 is 0. The molecule has 0 aliphatic carbocycles. The van der Waals surface area contributed by atoms with E-state index in [0.29, 0.717) is 5.76 Å². The van der Waals surface area contributed by atoms with E-state index in [9.17, 15) is 9.90 Å². The zero-order valence-electron chi connectivity index (χ0n) is 15.6. The molecule has 140 valence electrons. The molecule has 2 N–H and O–H groups in total. The van der Waals surface area contributed by atoms with Crippen LogP contribution in [0.5, 0.6) is 0 Å². The van der Waals surface area contributed by atoms with Crippen LogP contribution in [-0.2, 0) is 4.79 Å². The Kier molecular flexibility index (Phi) is 16.8. The molecular weight excluding hydrogens is 312 g/mol. The lowest BCUT2D eigenvalue weighted by Crippen LogP contribution is -1.84.